The smallest absolute Gasteiger partial charge is 0.150 e. The maximum atomic E-state index is 11.5. The van der Waals surface area contributed by atoms with Crippen molar-refractivity contribution in [2.24, 2.45) is 0 Å². The summed E-state index contributed by atoms with van der Waals surface area (Å²) < 4.78 is 23.0. The van der Waals surface area contributed by atoms with Crippen LogP contribution in [0.2, 0.25) is 0 Å². The summed E-state index contributed by atoms with van der Waals surface area (Å²) in [6.07, 6.45) is 5.78. The summed E-state index contributed by atoms with van der Waals surface area (Å²) in [5.41, 5.74) is 0. The highest BCUT2D eigenvalue weighted by molar-refractivity contribution is 7.91. The summed E-state index contributed by atoms with van der Waals surface area (Å²) in [6.45, 7) is 4.78. The lowest BCUT2D eigenvalue weighted by Crippen LogP contribution is -2.58. The van der Waals surface area contributed by atoms with Crippen LogP contribution in [0.5, 0.6) is 0 Å². The van der Waals surface area contributed by atoms with Gasteiger partial charge in [-0.25, -0.2) is 8.42 Å². The van der Waals surface area contributed by atoms with Gasteiger partial charge in [0.1, 0.15) is 9.84 Å². The van der Waals surface area contributed by atoms with E-state index in [1.54, 1.807) is 0 Å². The van der Waals surface area contributed by atoms with Crippen LogP contribution < -0.4 is 0 Å². The zero-order valence-electron chi connectivity index (χ0n) is 11.1. The number of nitrogens with zero attached hydrogens (tertiary/aromatic N) is 2. The van der Waals surface area contributed by atoms with Gasteiger partial charge < -0.3 is 0 Å². The highest BCUT2D eigenvalue weighted by atomic mass is 32.2. The van der Waals surface area contributed by atoms with Gasteiger partial charge in [-0.2, -0.15) is 0 Å². The number of piperidine rings is 1. The third-order valence-corrected chi connectivity index (χ3v) is 6.62. The molecule has 0 amide bonds. The van der Waals surface area contributed by atoms with Crippen LogP contribution in [0.4, 0.5) is 0 Å². The van der Waals surface area contributed by atoms with Crippen molar-refractivity contribution in [1.82, 2.24) is 9.80 Å². The summed E-state index contributed by atoms with van der Waals surface area (Å²) in [5.74, 6) is 0.811. The third kappa shape index (κ3) is 2.73. The molecular formula is C13H24N2O2S. The van der Waals surface area contributed by atoms with Crippen LogP contribution in [0.25, 0.3) is 0 Å². The fourth-order valence-electron chi connectivity index (χ4n) is 3.75. The van der Waals surface area contributed by atoms with Crippen LogP contribution in [0, 0.1) is 0 Å². The summed E-state index contributed by atoms with van der Waals surface area (Å²) in [7, 11) is -2.71. The van der Waals surface area contributed by atoms with Gasteiger partial charge in [-0.05, 0) is 32.2 Å². The van der Waals surface area contributed by atoms with E-state index in [1.165, 1.54) is 38.9 Å². The van der Waals surface area contributed by atoms with Crippen LogP contribution in [-0.4, -0.2) is 68.0 Å². The van der Waals surface area contributed by atoms with Gasteiger partial charge in [-0.3, -0.25) is 9.80 Å². The van der Waals surface area contributed by atoms with E-state index in [1.807, 2.05) is 0 Å². The van der Waals surface area contributed by atoms with Gasteiger partial charge in [0.05, 0.1) is 11.5 Å². The van der Waals surface area contributed by atoms with E-state index in [4.69, 9.17) is 0 Å². The third-order valence-electron chi connectivity index (χ3n) is 4.91. The van der Waals surface area contributed by atoms with E-state index < -0.39 is 9.84 Å². The minimum atomic E-state index is -2.71. The lowest BCUT2D eigenvalue weighted by Gasteiger charge is -2.47. The molecule has 0 aromatic carbocycles. The Bertz CT molecular complexity index is 382. The molecule has 0 aromatic rings. The van der Waals surface area contributed by atoms with E-state index in [9.17, 15) is 8.42 Å². The molecular weight excluding hydrogens is 248 g/mol. The van der Waals surface area contributed by atoms with Gasteiger partial charge in [0.25, 0.3) is 0 Å². The first kappa shape index (κ1) is 12.9. The van der Waals surface area contributed by atoms with Crippen molar-refractivity contribution in [3.63, 3.8) is 0 Å². The first-order valence-electron chi connectivity index (χ1n) is 7.32. The van der Waals surface area contributed by atoms with Crippen molar-refractivity contribution < 1.29 is 8.42 Å². The minimum absolute atomic E-state index is 0.405. The topological polar surface area (TPSA) is 40.6 Å². The maximum Gasteiger partial charge on any atom is 0.150 e. The van der Waals surface area contributed by atoms with Gasteiger partial charge in [0, 0.05) is 31.7 Å². The Morgan fingerprint density at radius 2 is 1.50 bits per heavy atom. The molecule has 1 unspecified atom stereocenters. The molecule has 3 aliphatic rings. The van der Waals surface area contributed by atoms with E-state index in [-0.39, 0.29) is 0 Å². The Morgan fingerprint density at radius 3 is 2.28 bits per heavy atom. The molecule has 1 atom stereocenters. The van der Waals surface area contributed by atoms with Gasteiger partial charge in [-0.15, -0.1) is 0 Å². The summed E-state index contributed by atoms with van der Waals surface area (Å²) in [6, 6.07) is 1.27. The average Bonchev–Trinajstić information content (AvgIpc) is 2.38. The largest absolute Gasteiger partial charge is 0.298 e. The Balaban J connectivity index is 1.58. The molecule has 3 fully saturated rings. The molecule has 0 spiro atoms. The number of hydrogen-bond acceptors (Lipinski definition) is 4. The number of fused-ring (bicyclic) bond motifs is 1. The quantitative estimate of drug-likeness (QED) is 0.706. The number of piperazine rings is 1. The lowest BCUT2D eigenvalue weighted by molar-refractivity contribution is 0.0250. The molecule has 0 radical (unpaired) electrons. The normalized spacial score (nSPS) is 35.2. The molecule has 3 saturated heterocycles. The fourth-order valence-corrected chi connectivity index (χ4v) is 5.22. The fraction of sp³-hybridized carbons (Fsp3) is 1.00. The highest BCUT2D eigenvalue weighted by Crippen LogP contribution is 2.25. The zero-order valence-corrected chi connectivity index (χ0v) is 11.9. The Labute approximate surface area is 110 Å². The average molecular weight is 272 g/mol. The maximum absolute atomic E-state index is 11.5. The van der Waals surface area contributed by atoms with Crippen LogP contribution in [0.15, 0.2) is 0 Å². The minimum Gasteiger partial charge on any atom is -0.298 e. The molecule has 3 heterocycles. The molecule has 0 N–H and O–H groups in total. The molecule has 18 heavy (non-hydrogen) atoms. The monoisotopic (exact) mass is 272 g/mol. The molecule has 3 aliphatic heterocycles. The standard InChI is InChI=1S/C13H24N2O2S/c16-18(17)9-4-12(5-10-18)15-8-7-14-6-2-1-3-13(14)11-15/h12-13H,1-11H2. The Hall–Kier alpha value is -0.130. The van der Waals surface area contributed by atoms with Crippen molar-refractivity contribution >= 4 is 9.84 Å². The Morgan fingerprint density at radius 1 is 0.778 bits per heavy atom. The van der Waals surface area contributed by atoms with E-state index in [2.05, 4.69) is 9.80 Å². The number of sulfone groups is 1. The van der Waals surface area contributed by atoms with Gasteiger partial charge in [0.15, 0.2) is 0 Å². The summed E-state index contributed by atoms with van der Waals surface area (Å²) in [4.78, 5) is 5.21. The molecule has 0 aromatic heterocycles. The van der Waals surface area contributed by atoms with Crippen LogP contribution in [-0.2, 0) is 9.84 Å². The van der Waals surface area contributed by atoms with Gasteiger partial charge in [-0.1, -0.05) is 6.42 Å². The van der Waals surface area contributed by atoms with Crippen LogP contribution in [0.1, 0.15) is 32.1 Å². The van der Waals surface area contributed by atoms with E-state index >= 15 is 0 Å². The van der Waals surface area contributed by atoms with Crippen LogP contribution in [0.3, 0.4) is 0 Å². The first-order valence-corrected chi connectivity index (χ1v) is 9.15. The zero-order chi connectivity index (χ0) is 12.6. The highest BCUT2D eigenvalue weighted by Gasteiger charge is 2.34. The van der Waals surface area contributed by atoms with Gasteiger partial charge >= 0.3 is 0 Å². The molecule has 0 saturated carbocycles. The van der Waals surface area contributed by atoms with Gasteiger partial charge in [0.2, 0.25) is 0 Å². The summed E-state index contributed by atoms with van der Waals surface area (Å²) in [5, 5.41) is 0. The lowest BCUT2D eigenvalue weighted by atomic mass is 9.97. The predicted octanol–water partition coefficient (Wildman–Crippen LogP) is 0.734. The van der Waals surface area contributed by atoms with Crippen molar-refractivity contribution in [3.8, 4) is 0 Å². The second-order valence-corrected chi connectivity index (χ2v) is 8.37. The van der Waals surface area contributed by atoms with Crippen molar-refractivity contribution in [3.05, 3.63) is 0 Å². The molecule has 5 heteroatoms. The molecule has 104 valence electrons. The number of rotatable bonds is 1. The Kier molecular flexibility index (Phi) is 3.65. The predicted molar refractivity (Wildman–Crippen MR) is 72.5 cm³/mol. The second kappa shape index (κ2) is 5.10. The molecule has 0 aliphatic carbocycles. The molecule has 4 nitrogen and oxygen atoms in total. The first-order chi connectivity index (χ1) is 8.64. The molecule has 3 rings (SSSR count). The van der Waals surface area contributed by atoms with Crippen LogP contribution >= 0.6 is 0 Å². The van der Waals surface area contributed by atoms with Crippen molar-refractivity contribution in [2.45, 2.75) is 44.2 Å². The van der Waals surface area contributed by atoms with Crippen molar-refractivity contribution in [2.75, 3.05) is 37.7 Å². The molecule has 0 bridgehead atoms. The SMILES string of the molecule is O=S1(=O)CCC(N2CCN3CCCCC3C2)CC1. The summed E-state index contributed by atoms with van der Waals surface area (Å²) >= 11 is 0. The van der Waals surface area contributed by atoms with E-state index in [0.717, 1.165) is 25.4 Å². The van der Waals surface area contributed by atoms with E-state index in [0.29, 0.717) is 17.5 Å². The van der Waals surface area contributed by atoms with Crippen molar-refractivity contribution in [1.29, 1.82) is 0 Å². The second-order valence-electron chi connectivity index (χ2n) is 6.06. The number of hydrogen-bond donors (Lipinski definition) is 0.